The van der Waals surface area contributed by atoms with Gasteiger partial charge in [0.2, 0.25) is 11.8 Å². The number of alkyl halides is 4. The van der Waals surface area contributed by atoms with E-state index < -0.39 is 185 Å². The van der Waals surface area contributed by atoms with Gasteiger partial charge in [-0.15, -0.1) is 0 Å². The zero-order valence-electron chi connectivity index (χ0n) is 104. The molecule has 8 heterocycles. The number of amides is 5. The first kappa shape index (κ1) is 61.6. The summed E-state index contributed by atoms with van der Waals surface area (Å²) in [5.41, 5.74) is 13.8. The monoisotopic (exact) mass is 1880 g/mol. The van der Waals surface area contributed by atoms with Gasteiger partial charge in [-0.2, -0.15) is 17.6 Å². The fourth-order valence-corrected chi connectivity index (χ4v) is 19.3. The second kappa shape index (κ2) is 37.3. The van der Waals surface area contributed by atoms with Gasteiger partial charge >= 0.3 is 35.6 Å². The Bertz CT molecular complexity index is 7570. The van der Waals surface area contributed by atoms with E-state index in [0.717, 1.165) is 89.0 Å². The fraction of sp³-hybridized carbons (Fsp3) is 0.465. The zero-order chi connectivity index (χ0) is 122. The van der Waals surface area contributed by atoms with Crippen LogP contribution >= 0.6 is 11.6 Å². The van der Waals surface area contributed by atoms with Gasteiger partial charge in [0.1, 0.15) is 41.5 Å². The van der Waals surface area contributed by atoms with E-state index in [0.29, 0.717) is 88.8 Å². The number of nitrogens with one attached hydrogen (secondary N) is 9. The number of carboxylic acids is 2. The van der Waals surface area contributed by atoms with E-state index in [9.17, 15) is 39.7 Å². The Labute approximate surface area is 816 Å². The number of likely N-dealkylation sites (tertiary alicyclic amines) is 2. The molecule has 10 aromatic rings. The van der Waals surface area contributed by atoms with Crippen molar-refractivity contribution in [3.8, 4) is 67.0 Å². The van der Waals surface area contributed by atoms with Crippen LogP contribution in [0.5, 0.6) is 0 Å². The van der Waals surface area contributed by atoms with Gasteiger partial charge in [0, 0.05) is 120 Å². The number of hydrogen-bond donors (Lipinski definition) is 12. The number of aliphatic carboxylic acids is 2. The van der Waals surface area contributed by atoms with Gasteiger partial charge < -0.3 is 91.2 Å². The predicted octanol–water partition coefficient (Wildman–Crippen LogP) is 18.1. The van der Waals surface area contributed by atoms with Gasteiger partial charge in [-0.05, 0) is 234 Å². The number of halogens is 5. The third-order valence-electron chi connectivity index (χ3n) is 26.4. The van der Waals surface area contributed by atoms with Gasteiger partial charge in [-0.25, -0.2) is 38.9 Å². The molecule has 4 saturated carbocycles. The van der Waals surface area contributed by atoms with Crippen LogP contribution in [-0.4, -0.2) is 180 Å². The molecule has 5 amide bonds. The molecule has 0 unspecified atom stereocenters. The number of methoxy groups -OCH3 is 4. The van der Waals surface area contributed by atoms with E-state index in [1.165, 1.54) is 68.9 Å². The number of nitrogens with two attached hydrogens (primary N) is 1. The third-order valence-corrected chi connectivity index (χ3v) is 26.5. The van der Waals surface area contributed by atoms with Crippen molar-refractivity contribution in [2.45, 2.75) is 204 Å². The average Bonchev–Trinajstić information content (AvgIpc) is 1.69. The van der Waals surface area contributed by atoms with Crippen LogP contribution in [0.3, 0.4) is 0 Å². The van der Waals surface area contributed by atoms with Crippen LogP contribution in [0.2, 0.25) is 0 Å². The standard InChI is InChI=1S/C49H54F2N8O6.C36H33F2N5.C7H13NO4.C5H11NO2.C2H3ClO2/c1-24(2)39(56-46(62)64-5)44(60)58-23-48(15-16-48)21-38(58)42-52-22-37(55-42)28-9-13-32-31-12-8-26(18-33(31)49(50,51)34(32)19-28)27-10-14-35-36(20-27)54-43(53-35)41-29-7-11-30(17-29)59(41)45(61)40(25(3)4)57-47(63)65-6;37-36(38)26-14-19(20-4-8-29-31(16-20)43-34(42-29)33-22-1-5-23(13-22)40-33)2-6-24(26)25-7-3-21(15-27(25)36)28-9-10-30(41-28)32-17-35(11-12-35)18-39-32;1-4(2)5(6(9)10)8-7(11)12-3;1-3(2)4(6)5(7)8;1-5-2(3)4/h8-10,12-14,18-20,22,24-25,29-30,38-41H,7,11,15-17,21,23H2,1-6H3,(H,52,55)(H,53,54)(H,56,62)(H,57,63);2-4,6-10,14-16,22-23,32-33,39-41H,1,5,11-13,17-18H2,(H,42,43);4-5H,1-3H3,(H,8,11)(H,9,10);3-4H,6H2,1-2H3,(H,7,8);1H3/t29-,30+,38-,39+,40+,41-;22-,23+,32-,33-;5-;4-;/m0011./s1/i1D3,2D3,3D3,4D3,24D,25D,39D,40D;;1D3,2D3,4D,5D;1D3,2D3,3D,4D;. The molecule has 10 aliphatic rings. The number of nitrogens with zero attached hydrogens (tertiary/aromatic N) is 5. The molecule has 13 N–H and O–H groups in total. The number of H-pyrrole nitrogens is 4. The highest BCUT2D eigenvalue weighted by Crippen LogP contribution is 2.61. The van der Waals surface area contributed by atoms with Crippen molar-refractivity contribution in [2.24, 2.45) is 52.0 Å². The number of ether oxygens (including phenoxy) is 4. The molecule has 0 radical (unpaired) electrons. The van der Waals surface area contributed by atoms with Crippen molar-refractivity contribution in [1.29, 1.82) is 0 Å². The Morgan fingerprint density at radius 3 is 1.49 bits per heavy atom. The number of benzene rings is 6. The summed E-state index contributed by atoms with van der Waals surface area (Å²) >= 11 is 4.60. The molecule has 6 aliphatic carbocycles. The Balaban J connectivity index is 0.000000186. The van der Waals surface area contributed by atoms with Crippen LogP contribution < -0.4 is 32.3 Å². The number of fused-ring (bicyclic) bond motifs is 12. The lowest BCUT2D eigenvalue weighted by Crippen LogP contribution is -2.54. The van der Waals surface area contributed by atoms with Crippen molar-refractivity contribution in [3.05, 3.63) is 173 Å². The molecule has 6 aromatic carbocycles. The molecular weight excluding hydrogens is 1730 g/mol. The summed E-state index contributed by atoms with van der Waals surface area (Å²) in [7, 11) is 3.73. The number of aromatic amines is 4. The van der Waals surface area contributed by atoms with E-state index in [4.69, 9.17) is 68.4 Å². The molecular formula is C99H114ClF4N15O14. The van der Waals surface area contributed by atoms with Gasteiger partial charge in [0.05, 0.1) is 86.0 Å². The number of hydrogen-bond acceptors (Lipinski definition) is 18. The topological polar surface area (TPSA) is 408 Å². The number of alkyl carbamates (subject to hydrolysis) is 3. The Hall–Kier alpha value is -12.2. The van der Waals surface area contributed by atoms with E-state index in [1.807, 2.05) is 48.5 Å². The number of piperidine rings is 2. The second-order valence-corrected chi connectivity index (χ2v) is 34.7. The van der Waals surface area contributed by atoms with Gasteiger partial charge in [0.25, 0.3) is 11.8 Å². The molecule has 4 aliphatic heterocycles. The Morgan fingerprint density at radius 2 is 1.01 bits per heavy atom. The molecule has 4 saturated heterocycles. The highest BCUT2D eigenvalue weighted by molar-refractivity contribution is 6.61. The molecule has 4 bridgehead atoms. The lowest BCUT2D eigenvalue weighted by atomic mass is 9.95. The summed E-state index contributed by atoms with van der Waals surface area (Å²) in [6, 6.07) is 19.2. The van der Waals surface area contributed by atoms with Crippen LogP contribution in [-0.2, 0) is 50.0 Å². The molecule has 20 rings (SSSR count). The summed E-state index contributed by atoms with van der Waals surface area (Å²) in [6.45, 7) is -28.7. The number of aromatic nitrogens is 7. The number of imidazole rings is 3. The first-order valence-corrected chi connectivity index (χ1v) is 42.6. The van der Waals surface area contributed by atoms with Gasteiger partial charge in [-0.3, -0.25) is 14.4 Å². The molecule has 704 valence electrons. The van der Waals surface area contributed by atoms with Gasteiger partial charge in [-0.1, -0.05) is 115 Å². The minimum atomic E-state index is -3.91. The lowest BCUT2D eigenvalue weighted by Gasteiger charge is -2.37. The minimum Gasteiger partial charge on any atom is -0.480 e. The maximum Gasteiger partial charge on any atom is 0.407 e. The van der Waals surface area contributed by atoms with Crippen LogP contribution in [0.15, 0.2) is 128 Å². The SMILES string of the molecule is COC(=O)Cl.FC1(F)c2cc(-c3ccc4nc([C@H]5N[C@@H]6CC[C@H]5C6)[nH]c4c3)ccc2-c2ccc(-c3ccc([C@@H]4CC5(CC5)CN4)[nH]3)cc21.[2H]C([2H])([2H])C([2H])(C([2H])([2H])[2H])[C@@]([2H])(N)C(=O)O.[2H]C([2H])([2H])C([2H])(C([2H])([2H])[2H])[C@@]([2H])(NC(=O)OC)C(=O)N1CC2(CC2)C[C@H]1c1ncc(-c2ccc3c(c2)C(F)(F)c2cc(-c4ccc5nc([C@@H]6[C@H]7CC[C@H](C7)N6C(=O)[C@]([2H])(NC(=O)OC)C([2H])(C([2H])([2H])[2H])C([2H])([2H])[2H])[nH]c5c4)ccc2-3)[nH]1.[2H]C([2H])([2H])C([2H])(C([2H])([2H])[2H])[C@@]([2H])(NC(=O)OC)C(=O)O. The third kappa shape index (κ3) is 18.9. The predicted molar refractivity (Wildman–Crippen MR) is 492 cm³/mol. The van der Waals surface area contributed by atoms with E-state index in [-0.39, 0.29) is 81.2 Å². The molecule has 29 nitrogen and oxygen atoms in total. The maximum absolute atomic E-state index is 16.9. The quantitative estimate of drug-likeness (QED) is 0.0203. The highest BCUT2D eigenvalue weighted by Gasteiger charge is 2.57. The second-order valence-electron chi connectivity index (χ2n) is 34.4. The van der Waals surface area contributed by atoms with Crippen molar-refractivity contribution < 1.29 is 129 Å². The first-order chi connectivity index (χ1) is 75.9. The lowest BCUT2D eigenvalue weighted by molar-refractivity contribution is -0.141. The number of carbonyl (C=O) groups is 8. The highest BCUT2D eigenvalue weighted by atomic mass is 35.5. The molecule has 4 aromatic heterocycles. The summed E-state index contributed by atoms with van der Waals surface area (Å²) in [5, 5.41) is 29.7. The van der Waals surface area contributed by atoms with Crippen LogP contribution in [0.4, 0.5) is 36.7 Å². The maximum atomic E-state index is 16.9. The van der Waals surface area contributed by atoms with Crippen molar-refractivity contribution >= 4 is 81.1 Å². The van der Waals surface area contributed by atoms with Crippen molar-refractivity contribution in [2.75, 3.05) is 41.5 Å². The molecule has 133 heavy (non-hydrogen) atoms. The van der Waals surface area contributed by atoms with Gasteiger partial charge in [0.15, 0.2) is 0 Å². The van der Waals surface area contributed by atoms with Crippen LogP contribution in [0.25, 0.3) is 89.1 Å². The summed E-state index contributed by atoms with van der Waals surface area (Å²) in [6.07, 6.45) is 6.99. The van der Waals surface area contributed by atoms with E-state index in [1.54, 1.807) is 59.2 Å². The Morgan fingerprint density at radius 1 is 0.526 bits per heavy atom. The number of rotatable bonds is 19. The van der Waals surface area contributed by atoms with Crippen LogP contribution in [0, 0.1) is 46.2 Å². The minimum absolute atomic E-state index is 0.0748. The molecule has 12 atom stereocenters. The first-order valence-electron chi connectivity index (χ1n) is 58.3. The van der Waals surface area contributed by atoms with E-state index >= 15 is 17.6 Å². The Kier molecular flexibility index (Phi) is 17.3. The summed E-state index contributed by atoms with van der Waals surface area (Å²) in [5.74, 6) is -27.7. The summed E-state index contributed by atoms with van der Waals surface area (Å²) in [4.78, 5) is 126. The molecule has 34 heteroatoms. The normalized spacial score (nSPS) is 27.8. The fourth-order valence-electron chi connectivity index (χ4n) is 19.3. The smallest absolute Gasteiger partial charge is 0.407 e. The largest absolute Gasteiger partial charge is 0.480 e. The van der Waals surface area contributed by atoms with Crippen molar-refractivity contribution in [3.63, 3.8) is 0 Å². The molecule has 2 spiro atoms. The van der Waals surface area contributed by atoms with Crippen LogP contribution in [0.1, 0.15) is 245 Å². The molecule has 8 fully saturated rings. The zero-order valence-corrected chi connectivity index (χ0v) is 72.4. The van der Waals surface area contributed by atoms with E-state index in [2.05, 4.69) is 72.2 Å². The van der Waals surface area contributed by atoms with Crippen molar-refractivity contribution in [1.82, 2.24) is 71.3 Å². The number of carboxylic acid groups (broad SMARTS) is 2. The summed E-state index contributed by atoms with van der Waals surface area (Å²) < 4.78 is 330. The number of carbonyl (C=O) groups excluding carboxylic acids is 6. The average molecular weight is 1880 g/mol.